The number of rotatable bonds is 0. The second kappa shape index (κ2) is 3.46. The van der Waals surface area contributed by atoms with Crippen molar-refractivity contribution >= 4 is 5.78 Å². The Kier molecular flexibility index (Phi) is 2.62. The minimum atomic E-state index is 0.0856. The molecule has 0 saturated heterocycles. The quantitative estimate of drug-likeness (QED) is 0.569. The van der Waals surface area contributed by atoms with E-state index in [1.807, 2.05) is 0 Å². The molecule has 0 aromatic heterocycles. The molecule has 2 fully saturated rings. The van der Waals surface area contributed by atoms with Gasteiger partial charge in [-0.15, -0.1) is 0 Å². The van der Waals surface area contributed by atoms with E-state index in [1.165, 1.54) is 6.42 Å². The van der Waals surface area contributed by atoms with E-state index < -0.39 is 0 Å². The summed E-state index contributed by atoms with van der Waals surface area (Å²) in [5, 5.41) is 0. The Morgan fingerprint density at radius 3 is 1.88 bits per heavy atom. The lowest BCUT2D eigenvalue weighted by molar-refractivity contribution is -0.114. The standard InChI is InChI=1S/C16H26O/c1-11-7-13(17)12(2)16(11)9-14(3,4)8-15(5,6)10-16/h11H,2,7-10H2,1,3-6H3. The maximum absolute atomic E-state index is 12.0. The molecule has 17 heavy (non-hydrogen) atoms. The average molecular weight is 234 g/mol. The highest BCUT2D eigenvalue weighted by atomic mass is 16.1. The van der Waals surface area contributed by atoms with Crippen LogP contribution in [0.3, 0.4) is 0 Å². The van der Waals surface area contributed by atoms with Gasteiger partial charge < -0.3 is 0 Å². The van der Waals surface area contributed by atoms with Crippen LogP contribution >= 0.6 is 0 Å². The van der Waals surface area contributed by atoms with Crippen molar-refractivity contribution in [2.45, 2.75) is 60.3 Å². The maximum Gasteiger partial charge on any atom is 0.159 e. The molecular formula is C16H26O. The molecule has 2 saturated carbocycles. The molecule has 0 heterocycles. The summed E-state index contributed by atoms with van der Waals surface area (Å²) in [4.78, 5) is 12.0. The number of Topliss-reactive ketones (excluding diaryl/α,β-unsaturated/α-hetero) is 1. The van der Waals surface area contributed by atoms with Crippen LogP contribution < -0.4 is 0 Å². The molecule has 0 radical (unpaired) electrons. The maximum atomic E-state index is 12.0. The molecule has 96 valence electrons. The summed E-state index contributed by atoms with van der Waals surface area (Å²) < 4.78 is 0. The van der Waals surface area contributed by atoms with Gasteiger partial charge in [0.05, 0.1) is 0 Å². The van der Waals surface area contributed by atoms with Crippen molar-refractivity contribution in [3.8, 4) is 0 Å². The van der Waals surface area contributed by atoms with Crippen molar-refractivity contribution in [3.63, 3.8) is 0 Å². The van der Waals surface area contributed by atoms with Gasteiger partial charge in [-0.2, -0.15) is 0 Å². The number of ketones is 1. The van der Waals surface area contributed by atoms with Crippen LogP contribution in [0.4, 0.5) is 0 Å². The zero-order chi connectivity index (χ0) is 13.1. The van der Waals surface area contributed by atoms with Gasteiger partial charge in [-0.3, -0.25) is 4.79 Å². The minimum Gasteiger partial charge on any atom is -0.295 e. The number of allylic oxidation sites excluding steroid dienone is 1. The molecule has 0 amide bonds. The third-order valence-corrected chi connectivity index (χ3v) is 4.92. The van der Waals surface area contributed by atoms with E-state index in [0.717, 1.165) is 18.4 Å². The fourth-order valence-electron chi connectivity index (χ4n) is 4.92. The summed E-state index contributed by atoms with van der Waals surface area (Å²) in [7, 11) is 0. The first kappa shape index (κ1) is 12.9. The van der Waals surface area contributed by atoms with Crippen LogP contribution in [0.1, 0.15) is 60.3 Å². The van der Waals surface area contributed by atoms with E-state index in [2.05, 4.69) is 41.2 Å². The molecule has 1 spiro atoms. The van der Waals surface area contributed by atoms with Crippen molar-refractivity contribution in [2.24, 2.45) is 22.2 Å². The molecular weight excluding hydrogens is 208 g/mol. The predicted molar refractivity (Wildman–Crippen MR) is 71.8 cm³/mol. The van der Waals surface area contributed by atoms with Crippen LogP contribution in [0, 0.1) is 22.2 Å². The smallest absolute Gasteiger partial charge is 0.159 e. The van der Waals surface area contributed by atoms with E-state index in [-0.39, 0.29) is 5.41 Å². The van der Waals surface area contributed by atoms with Gasteiger partial charge in [-0.25, -0.2) is 0 Å². The van der Waals surface area contributed by atoms with Crippen molar-refractivity contribution in [3.05, 3.63) is 12.2 Å². The third-order valence-electron chi connectivity index (χ3n) is 4.92. The van der Waals surface area contributed by atoms with Gasteiger partial charge in [-0.05, 0) is 41.6 Å². The van der Waals surface area contributed by atoms with E-state index in [9.17, 15) is 4.79 Å². The zero-order valence-electron chi connectivity index (χ0n) is 12.0. The molecule has 0 N–H and O–H groups in total. The molecule has 2 aliphatic carbocycles. The second-order valence-electron chi connectivity index (χ2n) is 8.02. The van der Waals surface area contributed by atoms with Gasteiger partial charge in [0, 0.05) is 11.8 Å². The Labute approximate surface area is 106 Å². The van der Waals surface area contributed by atoms with Gasteiger partial charge >= 0.3 is 0 Å². The summed E-state index contributed by atoms with van der Waals surface area (Å²) in [6, 6.07) is 0. The van der Waals surface area contributed by atoms with Crippen LogP contribution in [0.5, 0.6) is 0 Å². The second-order valence-corrected chi connectivity index (χ2v) is 8.02. The highest BCUT2D eigenvalue weighted by Crippen LogP contribution is 2.62. The van der Waals surface area contributed by atoms with E-state index in [4.69, 9.17) is 0 Å². The molecule has 1 nitrogen and oxygen atoms in total. The number of carbonyl (C=O) groups is 1. The summed E-state index contributed by atoms with van der Waals surface area (Å²) in [5.41, 5.74) is 1.65. The first-order valence-electron chi connectivity index (χ1n) is 6.81. The monoisotopic (exact) mass is 234 g/mol. The molecule has 0 aromatic rings. The van der Waals surface area contributed by atoms with Gasteiger partial charge in [-0.1, -0.05) is 41.2 Å². The Morgan fingerprint density at radius 1 is 1.06 bits per heavy atom. The highest BCUT2D eigenvalue weighted by Gasteiger charge is 2.55. The van der Waals surface area contributed by atoms with Gasteiger partial charge in [0.25, 0.3) is 0 Å². The molecule has 1 heteroatoms. The molecule has 0 aromatic carbocycles. The average Bonchev–Trinajstić information content (AvgIpc) is 2.26. The van der Waals surface area contributed by atoms with Crippen LogP contribution in [0.25, 0.3) is 0 Å². The summed E-state index contributed by atoms with van der Waals surface area (Å²) in [6.07, 6.45) is 4.23. The van der Waals surface area contributed by atoms with Crippen molar-refractivity contribution in [1.29, 1.82) is 0 Å². The lowest BCUT2D eigenvalue weighted by Gasteiger charge is -2.52. The van der Waals surface area contributed by atoms with E-state index in [1.54, 1.807) is 0 Å². The normalized spacial score (nSPS) is 34.3. The number of carbonyl (C=O) groups excluding carboxylic acids is 1. The topological polar surface area (TPSA) is 17.1 Å². The number of hydrogen-bond donors (Lipinski definition) is 0. The van der Waals surface area contributed by atoms with Crippen molar-refractivity contribution in [2.75, 3.05) is 0 Å². The number of hydrogen-bond acceptors (Lipinski definition) is 1. The molecule has 2 rings (SSSR count). The SMILES string of the molecule is C=C1C(=O)CC(C)C12CC(C)(C)CC(C)(C)C2. The Morgan fingerprint density at radius 2 is 1.53 bits per heavy atom. The zero-order valence-corrected chi connectivity index (χ0v) is 12.0. The van der Waals surface area contributed by atoms with E-state index in [0.29, 0.717) is 29.0 Å². The molecule has 1 unspecified atom stereocenters. The molecule has 0 bridgehead atoms. The lowest BCUT2D eigenvalue weighted by atomic mass is 9.51. The Bertz CT molecular complexity index is 357. The first-order chi connectivity index (χ1) is 7.58. The highest BCUT2D eigenvalue weighted by molar-refractivity contribution is 5.99. The summed E-state index contributed by atoms with van der Waals surface area (Å²) in [5.74, 6) is 0.785. The molecule has 0 aliphatic heterocycles. The van der Waals surface area contributed by atoms with Crippen LogP contribution in [-0.4, -0.2) is 5.78 Å². The van der Waals surface area contributed by atoms with Crippen LogP contribution in [0.2, 0.25) is 0 Å². The van der Waals surface area contributed by atoms with Crippen LogP contribution in [0.15, 0.2) is 12.2 Å². The predicted octanol–water partition coefficient (Wildman–Crippen LogP) is 4.37. The summed E-state index contributed by atoms with van der Waals surface area (Å²) >= 11 is 0. The van der Waals surface area contributed by atoms with Crippen molar-refractivity contribution < 1.29 is 4.79 Å². The third kappa shape index (κ3) is 1.98. The van der Waals surface area contributed by atoms with Gasteiger partial charge in [0.15, 0.2) is 5.78 Å². The lowest BCUT2D eigenvalue weighted by Crippen LogP contribution is -2.43. The summed E-state index contributed by atoms with van der Waals surface area (Å²) in [6.45, 7) is 15.8. The minimum absolute atomic E-state index is 0.0856. The molecule has 2 aliphatic rings. The Hall–Kier alpha value is -0.590. The first-order valence-corrected chi connectivity index (χ1v) is 6.81. The van der Waals surface area contributed by atoms with Crippen molar-refractivity contribution in [1.82, 2.24) is 0 Å². The Balaban J connectivity index is 2.43. The fraction of sp³-hybridized carbons (Fsp3) is 0.812. The van der Waals surface area contributed by atoms with E-state index >= 15 is 0 Å². The van der Waals surface area contributed by atoms with Gasteiger partial charge in [0.2, 0.25) is 0 Å². The van der Waals surface area contributed by atoms with Gasteiger partial charge in [0.1, 0.15) is 0 Å². The van der Waals surface area contributed by atoms with Crippen LogP contribution in [-0.2, 0) is 4.79 Å². The molecule has 1 atom stereocenters. The largest absolute Gasteiger partial charge is 0.295 e. The fourth-order valence-corrected chi connectivity index (χ4v) is 4.92.